The molecule has 0 aliphatic heterocycles. The van der Waals surface area contributed by atoms with E-state index in [9.17, 15) is 0 Å². The summed E-state index contributed by atoms with van der Waals surface area (Å²) in [5.74, 6) is 0.624. The topological polar surface area (TPSA) is 30.7 Å². The van der Waals surface area contributed by atoms with Gasteiger partial charge in [0, 0.05) is 21.9 Å². The zero-order valence-electron chi connectivity index (χ0n) is 41.3. The van der Waals surface area contributed by atoms with Crippen LogP contribution in [0.25, 0.3) is 61.4 Å². The Balaban J connectivity index is 1.07. The van der Waals surface area contributed by atoms with Crippen molar-refractivity contribution in [1.29, 1.82) is 0 Å². The molecule has 0 aliphatic rings. The number of rotatable bonds is 12. The van der Waals surface area contributed by atoms with Crippen LogP contribution in [0.4, 0.5) is 0 Å². The molecule has 0 amide bonds. The van der Waals surface area contributed by atoms with Crippen molar-refractivity contribution in [2.45, 2.75) is 0 Å². The normalized spacial score (nSPS) is 11.7. The third-order valence-corrected chi connectivity index (χ3v) is 24.6. The number of aromatic nitrogens is 3. The van der Waals surface area contributed by atoms with Gasteiger partial charge in [-0.25, -0.2) is 9.97 Å². The molecule has 0 radical (unpaired) electrons. The van der Waals surface area contributed by atoms with Gasteiger partial charge in [0.15, 0.2) is 16.1 Å². The van der Waals surface area contributed by atoms with E-state index in [1.54, 1.807) is 0 Å². The average Bonchev–Trinajstić information content (AvgIpc) is 3.84. The van der Waals surface area contributed by atoms with Crippen molar-refractivity contribution in [3.8, 4) is 39.6 Å². The van der Waals surface area contributed by atoms with Gasteiger partial charge in [-0.1, -0.05) is 291 Å². The smallest absolute Gasteiger partial charge is 0.235 e. The highest BCUT2D eigenvalue weighted by atomic mass is 28.3. The Morgan fingerprint density at radius 2 is 0.507 bits per heavy atom. The van der Waals surface area contributed by atoms with Crippen molar-refractivity contribution < 1.29 is 0 Å². The van der Waals surface area contributed by atoms with Crippen LogP contribution in [0.15, 0.2) is 309 Å². The van der Waals surface area contributed by atoms with Crippen LogP contribution >= 0.6 is 0 Å². The van der Waals surface area contributed by atoms with Gasteiger partial charge in [-0.3, -0.25) is 4.57 Å². The summed E-state index contributed by atoms with van der Waals surface area (Å²) in [7, 11) is -5.89. The molecule has 0 bridgehead atoms. The average molecular weight is 990 g/mol. The Kier molecular flexibility index (Phi) is 11.9. The first-order valence-electron chi connectivity index (χ1n) is 25.7. The lowest BCUT2D eigenvalue weighted by Crippen LogP contribution is -2.74. The maximum atomic E-state index is 5.66. The molecular formula is C70H51N3Si2. The Morgan fingerprint density at radius 1 is 0.227 bits per heavy atom. The molecule has 0 saturated carbocycles. The lowest BCUT2D eigenvalue weighted by molar-refractivity contribution is 0.996. The third kappa shape index (κ3) is 7.97. The van der Waals surface area contributed by atoms with Gasteiger partial charge in [0.25, 0.3) is 0 Å². The van der Waals surface area contributed by atoms with Crippen LogP contribution < -0.4 is 41.5 Å². The molecule has 13 aromatic rings. The first-order valence-corrected chi connectivity index (χ1v) is 29.7. The largest absolute Gasteiger partial charge is 0.278 e. The van der Waals surface area contributed by atoms with E-state index in [-0.39, 0.29) is 0 Å². The highest BCUT2D eigenvalue weighted by Crippen LogP contribution is 2.33. The minimum atomic E-state index is -3.01. The molecule has 0 fully saturated rings. The fourth-order valence-electron chi connectivity index (χ4n) is 11.8. The summed E-state index contributed by atoms with van der Waals surface area (Å²) in [4.78, 5) is 11.3. The quantitative estimate of drug-likeness (QED) is 0.0902. The minimum Gasteiger partial charge on any atom is -0.278 e. The van der Waals surface area contributed by atoms with Gasteiger partial charge < -0.3 is 0 Å². The Hall–Kier alpha value is -9.27. The highest BCUT2D eigenvalue weighted by Gasteiger charge is 2.43. The van der Waals surface area contributed by atoms with E-state index < -0.39 is 16.1 Å². The van der Waals surface area contributed by atoms with Crippen LogP contribution in [0.5, 0.6) is 0 Å². The second kappa shape index (κ2) is 19.6. The van der Waals surface area contributed by atoms with Gasteiger partial charge in [-0.15, -0.1) is 0 Å². The van der Waals surface area contributed by atoms with Gasteiger partial charge in [0.1, 0.15) is 0 Å². The fraction of sp³-hybridized carbons (Fsp3) is 0. The third-order valence-electron chi connectivity index (χ3n) is 15.1. The summed E-state index contributed by atoms with van der Waals surface area (Å²) in [6, 6.07) is 114. The zero-order valence-corrected chi connectivity index (χ0v) is 43.3. The Bertz CT molecular complexity index is 3920. The lowest BCUT2D eigenvalue weighted by Gasteiger charge is -2.35. The van der Waals surface area contributed by atoms with Gasteiger partial charge in [-0.2, -0.15) is 0 Å². The maximum absolute atomic E-state index is 5.66. The molecule has 0 saturated heterocycles. The van der Waals surface area contributed by atoms with E-state index >= 15 is 0 Å². The number of benzene rings is 11. The standard InChI is InChI=1S/C70H51N3Si2/c1-7-26-52(27-8-1)53-28-23-41-61(48-53)75(59-37-15-5-16-38-59,60-39-17-6-18-40-60)63-43-25-30-55(50-63)67-51-66(71-70(72-67)73-68-46-21-19-44-64(68)65-45-20-22-47-69(65)73)54-29-24-42-62(49-54)74(56-31-9-2-10-32-56,57-33-11-3-12-34-57)58-35-13-4-14-36-58/h1-51H. The van der Waals surface area contributed by atoms with Crippen LogP contribution in [-0.4, -0.2) is 30.7 Å². The van der Waals surface area contributed by atoms with E-state index in [0.717, 1.165) is 44.3 Å². The predicted molar refractivity (Wildman–Crippen MR) is 320 cm³/mol. The molecule has 11 aromatic carbocycles. The first kappa shape index (κ1) is 45.6. The van der Waals surface area contributed by atoms with Crippen molar-refractivity contribution in [2.24, 2.45) is 0 Å². The Morgan fingerprint density at radius 3 is 0.893 bits per heavy atom. The molecule has 0 unspecified atom stereocenters. The van der Waals surface area contributed by atoms with Crippen LogP contribution in [0.2, 0.25) is 0 Å². The SMILES string of the molecule is c1ccc(-c2cccc([Si](c3ccccc3)(c3ccccc3)c3cccc(-c4cc(-c5cccc([Si](c6ccccc6)(c6ccccc6)c6ccccc6)c5)nc(-n5c6ccccc6c6ccccc65)n4)c3)c2)cc1. The van der Waals surface area contributed by atoms with Crippen molar-refractivity contribution in [2.75, 3.05) is 0 Å². The Labute approximate surface area is 440 Å². The van der Waals surface area contributed by atoms with E-state index in [1.807, 2.05) is 0 Å². The number of para-hydroxylation sites is 2. The molecule has 2 aromatic heterocycles. The molecule has 0 N–H and O–H groups in total. The van der Waals surface area contributed by atoms with Crippen LogP contribution in [0, 0.1) is 0 Å². The number of hydrogen-bond donors (Lipinski definition) is 0. The number of hydrogen-bond acceptors (Lipinski definition) is 2. The van der Waals surface area contributed by atoms with Crippen LogP contribution in [-0.2, 0) is 0 Å². The molecule has 0 aliphatic carbocycles. The summed E-state index contributed by atoms with van der Waals surface area (Å²) in [5, 5.41) is 12.8. The molecule has 5 heteroatoms. The summed E-state index contributed by atoms with van der Waals surface area (Å²) in [5.41, 5.74) is 8.28. The van der Waals surface area contributed by atoms with Gasteiger partial charge >= 0.3 is 0 Å². The molecule has 0 atom stereocenters. The predicted octanol–water partition coefficient (Wildman–Crippen LogP) is 11.3. The van der Waals surface area contributed by atoms with Crippen molar-refractivity contribution in [1.82, 2.24) is 14.5 Å². The van der Waals surface area contributed by atoms with Crippen molar-refractivity contribution in [3.05, 3.63) is 309 Å². The molecule has 2 heterocycles. The zero-order chi connectivity index (χ0) is 50.0. The highest BCUT2D eigenvalue weighted by molar-refractivity contribution is 7.20. The first-order chi connectivity index (χ1) is 37.2. The van der Waals surface area contributed by atoms with Gasteiger partial charge in [0.2, 0.25) is 5.95 Å². The second-order valence-corrected chi connectivity index (χ2v) is 26.9. The van der Waals surface area contributed by atoms with Crippen molar-refractivity contribution in [3.63, 3.8) is 0 Å². The number of fused-ring (bicyclic) bond motifs is 3. The van der Waals surface area contributed by atoms with E-state index in [1.165, 1.54) is 52.6 Å². The molecular weight excluding hydrogens is 939 g/mol. The van der Waals surface area contributed by atoms with E-state index in [0.29, 0.717) is 5.95 Å². The van der Waals surface area contributed by atoms with Crippen molar-refractivity contribution >= 4 is 79.4 Å². The summed E-state index contributed by atoms with van der Waals surface area (Å²) in [6.45, 7) is 0. The number of nitrogens with zero attached hydrogens (tertiary/aromatic N) is 3. The second-order valence-electron chi connectivity index (χ2n) is 19.2. The van der Waals surface area contributed by atoms with Gasteiger partial charge in [0.05, 0.1) is 22.4 Å². The molecule has 354 valence electrons. The summed E-state index contributed by atoms with van der Waals surface area (Å²) < 4.78 is 2.25. The van der Waals surface area contributed by atoms with Gasteiger partial charge in [-0.05, 0) is 70.8 Å². The van der Waals surface area contributed by atoms with E-state index in [2.05, 4.69) is 314 Å². The molecule has 75 heavy (non-hydrogen) atoms. The fourth-order valence-corrected chi connectivity index (χ4v) is 21.4. The minimum absolute atomic E-state index is 0.624. The monoisotopic (exact) mass is 989 g/mol. The molecule has 3 nitrogen and oxygen atoms in total. The summed E-state index contributed by atoms with van der Waals surface area (Å²) in [6.07, 6.45) is 0. The van der Waals surface area contributed by atoms with Crippen LogP contribution in [0.3, 0.4) is 0 Å². The van der Waals surface area contributed by atoms with Crippen LogP contribution in [0.1, 0.15) is 0 Å². The summed E-state index contributed by atoms with van der Waals surface area (Å²) >= 11 is 0. The molecule has 0 spiro atoms. The maximum Gasteiger partial charge on any atom is 0.235 e. The van der Waals surface area contributed by atoms with E-state index in [4.69, 9.17) is 9.97 Å². The lowest BCUT2D eigenvalue weighted by atomic mass is 10.1. The molecule has 13 rings (SSSR count).